The predicted octanol–water partition coefficient (Wildman–Crippen LogP) is 1.23. The highest BCUT2D eigenvalue weighted by Crippen LogP contribution is 2.30. The van der Waals surface area contributed by atoms with Crippen LogP contribution in [0.1, 0.15) is 33.3 Å². The van der Waals surface area contributed by atoms with Crippen molar-refractivity contribution in [2.24, 2.45) is 0 Å². The lowest BCUT2D eigenvalue weighted by molar-refractivity contribution is -0.158. The van der Waals surface area contributed by atoms with Crippen molar-refractivity contribution in [2.45, 2.75) is 38.6 Å². The Hall–Kier alpha value is -2.17. The summed E-state index contributed by atoms with van der Waals surface area (Å²) < 4.78 is 0. The molecule has 112 valence electrons. The molecule has 0 aromatic heterocycles. The Morgan fingerprint density at radius 2 is 1.76 bits per heavy atom. The minimum Gasteiger partial charge on any atom is -0.318 e. The average molecular weight is 288 g/mol. The number of nitrogens with zero attached hydrogens (tertiary/aromatic N) is 1. The SMILES string of the molecule is CC(C)(C(=O)N1CC(=O)NC(=O)C1(C)C)c1ccccc1. The van der Waals surface area contributed by atoms with Gasteiger partial charge in [0.2, 0.25) is 11.8 Å². The second-order valence-corrected chi connectivity index (χ2v) is 6.32. The normalized spacial score (nSPS) is 18.4. The van der Waals surface area contributed by atoms with E-state index >= 15 is 0 Å². The summed E-state index contributed by atoms with van der Waals surface area (Å²) in [5.74, 6) is -1.13. The highest BCUT2D eigenvalue weighted by Gasteiger charge is 2.47. The largest absolute Gasteiger partial charge is 0.318 e. The molecule has 0 spiro atoms. The second kappa shape index (κ2) is 4.98. The fraction of sp³-hybridized carbons (Fsp3) is 0.438. The van der Waals surface area contributed by atoms with Crippen LogP contribution >= 0.6 is 0 Å². The lowest BCUT2D eigenvalue weighted by Gasteiger charge is -2.43. The van der Waals surface area contributed by atoms with E-state index in [0.717, 1.165) is 5.56 Å². The molecule has 1 saturated heterocycles. The van der Waals surface area contributed by atoms with Crippen molar-refractivity contribution in [2.75, 3.05) is 6.54 Å². The minimum atomic E-state index is -1.04. The third kappa shape index (κ3) is 2.55. The van der Waals surface area contributed by atoms with Crippen LogP contribution in [0, 0.1) is 0 Å². The van der Waals surface area contributed by atoms with Gasteiger partial charge >= 0.3 is 0 Å². The van der Waals surface area contributed by atoms with Gasteiger partial charge in [-0.25, -0.2) is 0 Å². The Morgan fingerprint density at radius 3 is 2.33 bits per heavy atom. The quantitative estimate of drug-likeness (QED) is 0.832. The van der Waals surface area contributed by atoms with Crippen molar-refractivity contribution in [1.29, 1.82) is 0 Å². The van der Waals surface area contributed by atoms with Gasteiger partial charge in [-0.3, -0.25) is 19.7 Å². The highest BCUT2D eigenvalue weighted by atomic mass is 16.2. The second-order valence-electron chi connectivity index (χ2n) is 6.32. The number of amides is 3. The number of rotatable bonds is 2. The zero-order chi connectivity index (χ0) is 15.8. The highest BCUT2D eigenvalue weighted by molar-refractivity contribution is 6.07. The van der Waals surface area contributed by atoms with Gasteiger partial charge in [0.15, 0.2) is 0 Å². The third-order valence-corrected chi connectivity index (χ3v) is 4.06. The third-order valence-electron chi connectivity index (χ3n) is 4.06. The molecule has 21 heavy (non-hydrogen) atoms. The van der Waals surface area contributed by atoms with Gasteiger partial charge in [-0.2, -0.15) is 0 Å². The zero-order valence-corrected chi connectivity index (χ0v) is 12.8. The van der Waals surface area contributed by atoms with Crippen LogP contribution in [0.3, 0.4) is 0 Å². The number of hydrogen-bond donors (Lipinski definition) is 1. The molecule has 1 aromatic carbocycles. The molecular weight excluding hydrogens is 268 g/mol. The van der Waals surface area contributed by atoms with Crippen LogP contribution < -0.4 is 5.32 Å². The lowest BCUT2D eigenvalue weighted by Crippen LogP contribution is -2.67. The maximum Gasteiger partial charge on any atom is 0.252 e. The summed E-state index contributed by atoms with van der Waals surface area (Å²) in [7, 11) is 0. The van der Waals surface area contributed by atoms with E-state index < -0.39 is 22.8 Å². The van der Waals surface area contributed by atoms with Crippen molar-refractivity contribution in [3.8, 4) is 0 Å². The van der Waals surface area contributed by atoms with E-state index in [-0.39, 0.29) is 12.5 Å². The maximum absolute atomic E-state index is 12.9. The van der Waals surface area contributed by atoms with Crippen LogP contribution in [0.15, 0.2) is 30.3 Å². The molecule has 2 rings (SSSR count). The molecule has 0 radical (unpaired) electrons. The fourth-order valence-corrected chi connectivity index (χ4v) is 2.42. The molecule has 3 amide bonds. The van der Waals surface area contributed by atoms with E-state index in [2.05, 4.69) is 5.32 Å². The average Bonchev–Trinajstić information content (AvgIpc) is 2.43. The zero-order valence-electron chi connectivity index (χ0n) is 12.8. The van der Waals surface area contributed by atoms with E-state index in [1.807, 2.05) is 30.3 Å². The summed E-state index contributed by atoms with van der Waals surface area (Å²) in [4.78, 5) is 37.9. The molecule has 1 fully saturated rings. The molecule has 0 bridgehead atoms. The monoisotopic (exact) mass is 288 g/mol. The fourth-order valence-electron chi connectivity index (χ4n) is 2.42. The number of carbonyl (C=O) groups is 3. The first kappa shape index (κ1) is 15.2. The van der Waals surface area contributed by atoms with Gasteiger partial charge in [-0.1, -0.05) is 30.3 Å². The molecule has 5 heteroatoms. The number of hydrogen-bond acceptors (Lipinski definition) is 3. The summed E-state index contributed by atoms with van der Waals surface area (Å²) in [6.45, 7) is 6.80. The summed E-state index contributed by atoms with van der Waals surface area (Å²) in [5, 5.41) is 2.27. The standard InChI is InChI=1S/C16H20N2O3/c1-15(2,11-8-6-5-7-9-11)14(21)18-10-12(19)17-13(20)16(18,3)4/h5-9H,10H2,1-4H3,(H,17,19,20). The van der Waals surface area contributed by atoms with Crippen LogP contribution in [0.4, 0.5) is 0 Å². The van der Waals surface area contributed by atoms with E-state index in [1.54, 1.807) is 27.7 Å². The van der Waals surface area contributed by atoms with E-state index in [1.165, 1.54) is 4.90 Å². The summed E-state index contributed by atoms with van der Waals surface area (Å²) in [6, 6.07) is 9.35. The van der Waals surface area contributed by atoms with E-state index in [0.29, 0.717) is 0 Å². The van der Waals surface area contributed by atoms with Gasteiger partial charge in [0.1, 0.15) is 12.1 Å². The maximum atomic E-state index is 12.9. The smallest absolute Gasteiger partial charge is 0.252 e. The van der Waals surface area contributed by atoms with E-state index in [4.69, 9.17) is 0 Å². The Bertz CT molecular complexity index is 591. The number of benzene rings is 1. The number of imide groups is 1. The molecule has 0 saturated carbocycles. The van der Waals surface area contributed by atoms with Gasteiger partial charge in [0.25, 0.3) is 5.91 Å². The minimum absolute atomic E-state index is 0.103. The first-order valence-electron chi connectivity index (χ1n) is 6.89. The van der Waals surface area contributed by atoms with Gasteiger partial charge in [0, 0.05) is 0 Å². The predicted molar refractivity (Wildman–Crippen MR) is 78.4 cm³/mol. The van der Waals surface area contributed by atoms with Gasteiger partial charge < -0.3 is 4.90 Å². The molecular formula is C16H20N2O3. The summed E-state index contributed by atoms with van der Waals surface area (Å²) in [5.41, 5.74) is -1.00. The van der Waals surface area contributed by atoms with Crippen LogP contribution in [0.25, 0.3) is 0 Å². The van der Waals surface area contributed by atoms with Crippen molar-refractivity contribution in [1.82, 2.24) is 10.2 Å². The molecule has 1 aliphatic heterocycles. The Morgan fingerprint density at radius 1 is 1.19 bits per heavy atom. The van der Waals surface area contributed by atoms with Gasteiger partial charge in [0.05, 0.1) is 5.41 Å². The summed E-state index contributed by atoms with van der Waals surface area (Å²) >= 11 is 0. The van der Waals surface area contributed by atoms with Crippen molar-refractivity contribution in [3.63, 3.8) is 0 Å². The van der Waals surface area contributed by atoms with Gasteiger partial charge in [-0.15, -0.1) is 0 Å². The number of piperazine rings is 1. The molecule has 0 atom stereocenters. The molecule has 1 N–H and O–H groups in total. The Labute approximate surface area is 124 Å². The van der Waals surface area contributed by atoms with Crippen molar-refractivity contribution < 1.29 is 14.4 Å². The summed E-state index contributed by atoms with van der Waals surface area (Å²) in [6.07, 6.45) is 0. The topological polar surface area (TPSA) is 66.5 Å². The van der Waals surface area contributed by atoms with Gasteiger partial charge in [-0.05, 0) is 33.3 Å². The lowest BCUT2D eigenvalue weighted by atomic mass is 9.81. The Balaban J connectivity index is 2.38. The first-order valence-corrected chi connectivity index (χ1v) is 6.89. The number of carbonyl (C=O) groups excluding carboxylic acids is 3. The molecule has 5 nitrogen and oxygen atoms in total. The molecule has 1 aliphatic rings. The molecule has 1 heterocycles. The molecule has 0 aliphatic carbocycles. The first-order chi connectivity index (χ1) is 9.67. The number of nitrogens with one attached hydrogen (secondary N) is 1. The van der Waals surface area contributed by atoms with E-state index in [9.17, 15) is 14.4 Å². The van der Waals surface area contributed by atoms with Crippen LogP contribution in [0.2, 0.25) is 0 Å². The molecule has 1 aromatic rings. The molecule has 0 unspecified atom stereocenters. The van der Waals surface area contributed by atoms with Crippen LogP contribution in [-0.2, 0) is 19.8 Å². The van der Waals surface area contributed by atoms with Crippen LogP contribution in [-0.4, -0.2) is 34.7 Å². The Kier molecular flexibility index (Phi) is 3.61. The van der Waals surface area contributed by atoms with Crippen LogP contribution in [0.5, 0.6) is 0 Å². The van der Waals surface area contributed by atoms with Crippen molar-refractivity contribution in [3.05, 3.63) is 35.9 Å². The van der Waals surface area contributed by atoms with Crippen molar-refractivity contribution >= 4 is 17.7 Å².